The average Bonchev–Trinajstić information content (AvgIpc) is 3.27. The molecule has 6 nitrogen and oxygen atoms in total. The normalized spacial score (nSPS) is 12.3. The summed E-state index contributed by atoms with van der Waals surface area (Å²) in [6, 6.07) is 14.3. The molecule has 4 aromatic rings. The van der Waals surface area contributed by atoms with Gasteiger partial charge in [0.05, 0.1) is 23.6 Å². The Morgan fingerprint density at radius 2 is 1.90 bits per heavy atom. The summed E-state index contributed by atoms with van der Waals surface area (Å²) in [4.78, 5) is 12.5. The molecule has 0 aliphatic rings. The molecule has 0 aliphatic carbocycles. The molecule has 6 heteroatoms. The number of aryl methyl sites for hydroxylation is 2. The lowest BCUT2D eigenvalue weighted by Crippen LogP contribution is -2.27. The SMILES string of the molecule is Cc1noc(C)c1CCC(=O)NC(C)c1cnn(-c2cccc3ccccc23)c1C. The molecule has 2 aromatic carbocycles. The molecule has 0 spiro atoms. The molecule has 2 heterocycles. The van der Waals surface area contributed by atoms with Gasteiger partial charge in [0.25, 0.3) is 0 Å². The van der Waals surface area contributed by atoms with Gasteiger partial charge in [0.1, 0.15) is 5.76 Å². The van der Waals surface area contributed by atoms with Crippen molar-refractivity contribution in [3.63, 3.8) is 0 Å². The number of hydrogen-bond donors (Lipinski definition) is 1. The van der Waals surface area contributed by atoms with E-state index in [1.54, 1.807) is 0 Å². The van der Waals surface area contributed by atoms with E-state index in [-0.39, 0.29) is 11.9 Å². The molecular weight excluding hydrogens is 376 g/mol. The second-order valence-electron chi connectivity index (χ2n) is 7.69. The number of hydrogen-bond acceptors (Lipinski definition) is 4. The quantitative estimate of drug-likeness (QED) is 0.505. The largest absolute Gasteiger partial charge is 0.361 e. The number of nitrogens with one attached hydrogen (secondary N) is 1. The van der Waals surface area contributed by atoms with Crippen molar-refractivity contribution in [2.75, 3.05) is 0 Å². The van der Waals surface area contributed by atoms with Crippen molar-refractivity contribution >= 4 is 16.7 Å². The van der Waals surface area contributed by atoms with Crippen molar-refractivity contribution in [3.8, 4) is 5.69 Å². The molecule has 0 radical (unpaired) electrons. The lowest BCUT2D eigenvalue weighted by atomic mass is 10.1. The smallest absolute Gasteiger partial charge is 0.220 e. The Kier molecular flexibility index (Phi) is 5.40. The van der Waals surface area contributed by atoms with Crippen molar-refractivity contribution in [3.05, 3.63) is 76.9 Å². The Bertz CT molecular complexity index is 1180. The molecule has 1 unspecified atom stereocenters. The number of carbonyl (C=O) groups excluding carboxylic acids is 1. The van der Waals surface area contributed by atoms with Crippen LogP contribution < -0.4 is 5.32 Å². The van der Waals surface area contributed by atoms with Crippen molar-refractivity contribution in [1.82, 2.24) is 20.3 Å². The zero-order valence-electron chi connectivity index (χ0n) is 17.8. The van der Waals surface area contributed by atoms with Crippen LogP contribution in [0.2, 0.25) is 0 Å². The van der Waals surface area contributed by atoms with Crippen LogP contribution in [0.15, 0.2) is 53.2 Å². The fourth-order valence-electron chi connectivity index (χ4n) is 3.97. The highest BCUT2D eigenvalue weighted by Crippen LogP contribution is 2.26. The van der Waals surface area contributed by atoms with Gasteiger partial charge < -0.3 is 9.84 Å². The minimum absolute atomic E-state index is 0.000175. The molecule has 30 heavy (non-hydrogen) atoms. The van der Waals surface area contributed by atoms with Crippen LogP contribution in [0.3, 0.4) is 0 Å². The first-order valence-corrected chi connectivity index (χ1v) is 10.2. The maximum Gasteiger partial charge on any atom is 0.220 e. The van der Waals surface area contributed by atoms with Gasteiger partial charge in [0.15, 0.2) is 0 Å². The van der Waals surface area contributed by atoms with E-state index in [0.717, 1.165) is 39.3 Å². The molecule has 0 aliphatic heterocycles. The predicted molar refractivity (Wildman–Crippen MR) is 117 cm³/mol. The van der Waals surface area contributed by atoms with Gasteiger partial charge >= 0.3 is 0 Å². The lowest BCUT2D eigenvalue weighted by molar-refractivity contribution is -0.121. The third-order valence-corrected chi connectivity index (χ3v) is 5.67. The van der Waals surface area contributed by atoms with E-state index in [0.29, 0.717) is 12.8 Å². The summed E-state index contributed by atoms with van der Waals surface area (Å²) in [5.74, 6) is 0.778. The molecule has 1 N–H and O–H groups in total. The second-order valence-corrected chi connectivity index (χ2v) is 7.69. The molecule has 1 amide bonds. The third kappa shape index (κ3) is 3.73. The number of benzene rings is 2. The standard InChI is InChI=1S/C24H26N4O2/c1-15(26-24(29)13-12-20-16(2)27-30-18(20)4)22-14-25-28(17(22)3)23-11-7-9-19-8-5-6-10-21(19)23/h5-11,14-15H,12-13H2,1-4H3,(H,26,29). The summed E-state index contributed by atoms with van der Waals surface area (Å²) in [7, 11) is 0. The summed E-state index contributed by atoms with van der Waals surface area (Å²) >= 11 is 0. The first kappa shape index (κ1) is 19.9. The number of nitrogens with zero attached hydrogens (tertiary/aromatic N) is 3. The molecule has 4 rings (SSSR count). The van der Waals surface area contributed by atoms with Crippen molar-refractivity contribution in [1.29, 1.82) is 0 Å². The van der Waals surface area contributed by atoms with E-state index in [9.17, 15) is 4.79 Å². The van der Waals surface area contributed by atoms with E-state index in [2.05, 4.69) is 39.8 Å². The highest BCUT2D eigenvalue weighted by molar-refractivity contribution is 5.90. The maximum atomic E-state index is 12.5. The highest BCUT2D eigenvalue weighted by atomic mass is 16.5. The molecule has 0 bridgehead atoms. The van der Waals surface area contributed by atoms with Gasteiger partial charge in [-0.25, -0.2) is 4.68 Å². The molecule has 0 saturated carbocycles. The topological polar surface area (TPSA) is 73.0 Å². The van der Waals surface area contributed by atoms with Crippen LogP contribution in [0.1, 0.15) is 47.7 Å². The van der Waals surface area contributed by atoms with Crippen LogP contribution in [-0.4, -0.2) is 20.8 Å². The summed E-state index contributed by atoms with van der Waals surface area (Å²) < 4.78 is 7.12. The molecule has 154 valence electrons. The summed E-state index contributed by atoms with van der Waals surface area (Å²) in [5, 5.41) is 14.0. The van der Waals surface area contributed by atoms with Gasteiger partial charge in [-0.1, -0.05) is 41.6 Å². The summed E-state index contributed by atoms with van der Waals surface area (Å²) in [5.41, 5.74) is 4.92. The fourth-order valence-corrected chi connectivity index (χ4v) is 3.97. The number of fused-ring (bicyclic) bond motifs is 1. The van der Waals surface area contributed by atoms with E-state index in [4.69, 9.17) is 4.52 Å². The number of aromatic nitrogens is 3. The number of rotatable bonds is 6. The fraction of sp³-hybridized carbons (Fsp3) is 0.292. The first-order valence-electron chi connectivity index (χ1n) is 10.2. The zero-order chi connectivity index (χ0) is 21.3. The van der Waals surface area contributed by atoms with Gasteiger partial charge in [-0.15, -0.1) is 0 Å². The van der Waals surface area contributed by atoms with Gasteiger partial charge in [-0.2, -0.15) is 5.10 Å². The molecule has 1 atom stereocenters. The van der Waals surface area contributed by atoms with Gasteiger partial charge in [-0.05, 0) is 45.6 Å². The van der Waals surface area contributed by atoms with Crippen molar-refractivity contribution in [2.24, 2.45) is 0 Å². The molecular formula is C24H26N4O2. The van der Waals surface area contributed by atoms with Crippen molar-refractivity contribution < 1.29 is 9.32 Å². The minimum atomic E-state index is -0.133. The summed E-state index contributed by atoms with van der Waals surface area (Å²) in [6.07, 6.45) is 2.86. The van der Waals surface area contributed by atoms with Crippen molar-refractivity contribution in [2.45, 2.75) is 46.6 Å². The van der Waals surface area contributed by atoms with Crippen LogP contribution in [0.25, 0.3) is 16.5 Å². The summed E-state index contributed by atoms with van der Waals surface area (Å²) in [6.45, 7) is 7.81. The van der Waals surface area contributed by atoms with Crippen LogP contribution in [0.4, 0.5) is 0 Å². The van der Waals surface area contributed by atoms with E-state index >= 15 is 0 Å². The Hall–Kier alpha value is -3.41. The van der Waals surface area contributed by atoms with Crippen LogP contribution in [-0.2, 0) is 11.2 Å². The zero-order valence-corrected chi connectivity index (χ0v) is 17.8. The second kappa shape index (κ2) is 8.14. The molecule has 2 aromatic heterocycles. The van der Waals surface area contributed by atoms with Crippen LogP contribution >= 0.6 is 0 Å². The monoisotopic (exact) mass is 402 g/mol. The number of carbonyl (C=O) groups is 1. The Labute approximate surface area is 175 Å². The average molecular weight is 402 g/mol. The Morgan fingerprint density at radius 3 is 2.67 bits per heavy atom. The van der Waals surface area contributed by atoms with Gasteiger partial charge in [0.2, 0.25) is 5.91 Å². The Morgan fingerprint density at radius 1 is 1.13 bits per heavy atom. The first-order chi connectivity index (χ1) is 14.5. The molecule has 0 saturated heterocycles. The van der Waals surface area contributed by atoms with Crippen LogP contribution in [0, 0.1) is 20.8 Å². The van der Waals surface area contributed by atoms with Gasteiger partial charge in [0, 0.05) is 28.6 Å². The minimum Gasteiger partial charge on any atom is -0.361 e. The van der Waals surface area contributed by atoms with E-state index < -0.39 is 0 Å². The lowest BCUT2D eigenvalue weighted by Gasteiger charge is -2.15. The molecule has 0 fully saturated rings. The highest BCUT2D eigenvalue weighted by Gasteiger charge is 2.18. The predicted octanol–water partition coefficient (Wildman–Crippen LogP) is 4.75. The van der Waals surface area contributed by atoms with E-state index in [1.165, 1.54) is 5.39 Å². The van der Waals surface area contributed by atoms with Crippen LogP contribution in [0.5, 0.6) is 0 Å². The van der Waals surface area contributed by atoms with Gasteiger partial charge in [-0.3, -0.25) is 4.79 Å². The van der Waals surface area contributed by atoms with E-state index in [1.807, 2.05) is 56.8 Å². The maximum absolute atomic E-state index is 12.5. The number of amides is 1. The third-order valence-electron chi connectivity index (χ3n) is 5.67. The Balaban J connectivity index is 1.50.